The van der Waals surface area contributed by atoms with Crippen LogP contribution in [0.1, 0.15) is 18.4 Å². The number of carbonyl (C=O) groups is 1. The van der Waals surface area contributed by atoms with E-state index in [-0.39, 0.29) is 16.5 Å². The van der Waals surface area contributed by atoms with Crippen LogP contribution in [-0.4, -0.2) is 22.2 Å². The van der Waals surface area contributed by atoms with Crippen molar-refractivity contribution in [1.82, 2.24) is 9.78 Å². The maximum atomic E-state index is 12.5. The Labute approximate surface area is 167 Å². The highest BCUT2D eigenvalue weighted by Crippen LogP contribution is 2.22. The third-order valence-electron chi connectivity index (χ3n) is 4.72. The van der Waals surface area contributed by atoms with E-state index in [1.165, 1.54) is 4.68 Å². The van der Waals surface area contributed by atoms with E-state index in [9.17, 15) is 9.59 Å². The number of benzene rings is 2. The smallest absolute Gasteiger partial charge is 0.292 e. The minimum Gasteiger partial charge on any atom is -0.378 e. The minimum absolute atomic E-state index is 0.0955. The predicted octanol–water partition coefficient (Wildman–Crippen LogP) is 3.62. The Kier molecular flexibility index (Phi) is 5.12. The highest BCUT2D eigenvalue weighted by atomic mass is 35.5. The van der Waals surface area contributed by atoms with E-state index in [2.05, 4.69) is 10.4 Å². The molecular weight excluding hydrogens is 376 g/mol. The predicted molar refractivity (Wildman–Crippen MR) is 110 cm³/mol. The first-order chi connectivity index (χ1) is 13.6. The van der Waals surface area contributed by atoms with Crippen molar-refractivity contribution in [3.63, 3.8) is 0 Å². The van der Waals surface area contributed by atoms with Crippen molar-refractivity contribution in [2.75, 3.05) is 16.8 Å². The van der Waals surface area contributed by atoms with E-state index in [1.54, 1.807) is 23.2 Å². The third kappa shape index (κ3) is 3.64. The summed E-state index contributed by atoms with van der Waals surface area (Å²) >= 11 is 6.26. The van der Waals surface area contributed by atoms with Gasteiger partial charge >= 0.3 is 0 Å². The topological polar surface area (TPSA) is 67.2 Å². The fourth-order valence-electron chi connectivity index (χ4n) is 3.22. The number of nitrogens with zero attached hydrogens (tertiary/aromatic N) is 3. The minimum atomic E-state index is -0.374. The summed E-state index contributed by atoms with van der Waals surface area (Å²) in [5.74, 6) is 0.169. The van der Waals surface area contributed by atoms with E-state index < -0.39 is 0 Å². The Morgan fingerprint density at radius 2 is 1.75 bits per heavy atom. The van der Waals surface area contributed by atoms with Crippen LogP contribution >= 0.6 is 11.6 Å². The molecule has 1 aromatic heterocycles. The van der Waals surface area contributed by atoms with Crippen molar-refractivity contribution in [1.29, 1.82) is 0 Å². The lowest BCUT2D eigenvalue weighted by Crippen LogP contribution is -2.23. The molecule has 3 aromatic rings. The molecule has 4 rings (SSSR count). The number of hydrogen-bond donors (Lipinski definition) is 1. The Bertz CT molecular complexity index is 1050. The second kappa shape index (κ2) is 7.86. The summed E-state index contributed by atoms with van der Waals surface area (Å²) in [6, 6.07) is 16.9. The van der Waals surface area contributed by atoms with E-state index in [0.29, 0.717) is 24.3 Å². The number of nitrogens with one attached hydrogen (secondary N) is 1. The van der Waals surface area contributed by atoms with Crippen molar-refractivity contribution in [3.8, 4) is 5.69 Å². The fourth-order valence-corrected chi connectivity index (χ4v) is 3.42. The molecule has 1 fully saturated rings. The molecule has 0 saturated carbocycles. The summed E-state index contributed by atoms with van der Waals surface area (Å²) in [6.45, 7) is 1.26. The molecular formula is C21H19ClN4O2. The third-order valence-corrected chi connectivity index (χ3v) is 5.09. The lowest BCUT2D eigenvalue weighted by atomic mass is 10.2. The van der Waals surface area contributed by atoms with Crippen molar-refractivity contribution in [2.45, 2.75) is 19.4 Å². The van der Waals surface area contributed by atoms with Gasteiger partial charge in [-0.1, -0.05) is 41.9 Å². The van der Waals surface area contributed by atoms with Gasteiger partial charge in [0.05, 0.1) is 17.6 Å². The number of amides is 1. The van der Waals surface area contributed by atoms with Crippen molar-refractivity contribution >= 4 is 28.9 Å². The van der Waals surface area contributed by atoms with E-state index in [4.69, 9.17) is 11.6 Å². The van der Waals surface area contributed by atoms with E-state index in [0.717, 1.165) is 24.2 Å². The Morgan fingerprint density at radius 3 is 2.43 bits per heavy atom. The number of para-hydroxylation sites is 1. The average molecular weight is 395 g/mol. The SMILES string of the molecule is O=C1CCCN1c1ccc(CNc2cnn(-c3ccccc3)c(=O)c2Cl)cc1. The molecule has 0 radical (unpaired) electrons. The van der Waals surface area contributed by atoms with E-state index >= 15 is 0 Å². The van der Waals surface area contributed by atoms with Crippen LogP contribution in [0.3, 0.4) is 0 Å². The quantitative estimate of drug-likeness (QED) is 0.717. The van der Waals surface area contributed by atoms with Crippen LogP contribution in [0, 0.1) is 0 Å². The molecule has 6 nitrogen and oxygen atoms in total. The molecule has 0 unspecified atom stereocenters. The van der Waals surface area contributed by atoms with Gasteiger partial charge in [0, 0.05) is 25.2 Å². The number of hydrogen-bond acceptors (Lipinski definition) is 4. The second-order valence-corrected chi connectivity index (χ2v) is 6.97. The van der Waals surface area contributed by atoms with E-state index in [1.807, 2.05) is 42.5 Å². The summed E-state index contributed by atoms with van der Waals surface area (Å²) in [5, 5.41) is 7.46. The zero-order chi connectivity index (χ0) is 19.5. The number of anilines is 2. The first kappa shape index (κ1) is 18.3. The number of rotatable bonds is 5. The van der Waals surface area contributed by atoms with Crippen LogP contribution in [0.15, 0.2) is 65.6 Å². The molecule has 0 atom stereocenters. The summed E-state index contributed by atoms with van der Waals surface area (Å²) in [7, 11) is 0. The largest absolute Gasteiger partial charge is 0.378 e. The molecule has 142 valence electrons. The molecule has 1 aliphatic heterocycles. The maximum absolute atomic E-state index is 12.5. The normalized spacial score (nSPS) is 13.8. The zero-order valence-corrected chi connectivity index (χ0v) is 15.9. The fraction of sp³-hybridized carbons (Fsp3) is 0.190. The lowest BCUT2D eigenvalue weighted by Gasteiger charge is -2.16. The van der Waals surface area contributed by atoms with Gasteiger partial charge < -0.3 is 10.2 Å². The summed E-state index contributed by atoms with van der Waals surface area (Å²) < 4.78 is 1.27. The molecule has 1 amide bonds. The highest BCUT2D eigenvalue weighted by molar-refractivity contribution is 6.32. The molecule has 28 heavy (non-hydrogen) atoms. The van der Waals surface area contributed by atoms with Crippen molar-refractivity contribution < 1.29 is 4.79 Å². The van der Waals surface area contributed by atoms with Crippen molar-refractivity contribution in [3.05, 3.63) is 81.7 Å². The number of halogens is 1. The average Bonchev–Trinajstić information content (AvgIpc) is 3.16. The molecule has 0 spiro atoms. The van der Waals surface area contributed by atoms with Gasteiger partial charge in [-0.3, -0.25) is 9.59 Å². The summed E-state index contributed by atoms with van der Waals surface area (Å²) in [5.41, 5.74) is 2.70. The Morgan fingerprint density at radius 1 is 1.00 bits per heavy atom. The summed E-state index contributed by atoms with van der Waals surface area (Å²) in [4.78, 5) is 26.2. The van der Waals surface area contributed by atoms with Gasteiger partial charge in [-0.2, -0.15) is 9.78 Å². The zero-order valence-electron chi connectivity index (χ0n) is 15.1. The number of carbonyl (C=O) groups excluding carboxylic acids is 1. The van der Waals surface area contributed by atoms with Crippen LogP contribution < -0.4 is 15.8 Å². The van der Waals surface area contributed by atoms with Gasteiger partial charge in [-0.15, -0.1) is 0 Å². The monoisotopic (exact) mass is 394 g/mol. The van der Waals surface area contributed by atoms with Gasteiger partial charge in [0.2, 0.25) is 5.91 Å². The van der Waals surface area contributed by atoms with Gasteiger partial charge in [0.25, 0.3) is 5.56 Å². The first-order valence-corrected chi connectivity index (χ1v) is 9.48. The van der Waals surface area contributed by atoms with Gasteiger partial charge in [0.1, 0.15) is 5.02 Å². The van der Waals surface area contributed by atoms with Crippen molar-refractivity contribution in [2.24, 2.45) is 0 Å². The maximum Gasteiger partial charge on any atom is 0.292 e. The first-order valence-electron chi connectivity index (χ1n) is 9.10. The van der Waals surface area contributed by atoms with Crippen LogP contribution in [0.2, 0.25) is 5.02 Å². The Hall–Kier alpha value is -3.12. The van der Waals surface area contributed by atoms with Crippen LogP contribution in [0.4, 0.5) is 11.4 Å². The molecule has 7 heteroatoms. The summed E-state index contributed by atoms with van der Waals surface area (Å²) in [6.07, 6.45) is 3.07. The molecule has 2 aromatic carbocycles. The van der Waals surface area contributed by atoms with Gasteiger partial charge in [-0.25, -0.2) is 0 Å². The standard InChI is InChI=1S/C21H19ClN4O2/c22-20-18(14-24-26(21(20)28)17-5-2-1-3-6-17)23-13-15-8-10-16(11-9-15)25-12-4-7-19(25)27/h1-3,5-6,8-11,14,23H,4,7,12-13H2. The second-order valence-electron chi connectivity index (χ2n) is 6.59. The number of aromatic nitrogens is 2. The van der Waals surface area contributed by atoms with Gasteiger partial charge in [0.15, 0.2) is 0 Å². The Balaban J connectivity index is 1.47. The van der Waals surface area contributed by atoms with Gasteiger partial charge in [-0.05, 0) is 36.2 Å². The molecule has 2 heterocycles. The lowest BCUT2D eigenvalue weighted by molar-refractivity contribution is -0.117. The van der Waals surface area contributed by atoms with Crippen LogP contribution in [-0.2, 0) is 11.3 Å². The molecule has 1 saturated heterocycles. The van der Waals surface area contributed by atoms with Crippen LogP contribution in [0.25, 0.3) is 5.69 Å². The molecule has 1 aliphatic rings. The molecule has 0 aliphatic carbocycles. The molecule has 0 bridgehead atoms. The van der Waals surface area contributed by atoms with Crippen LogP contribution in [0.5, 0.6) is 0 Å². The molecule has 1 N–H and O–H groups in total. The highest BCUT2D eigenvalue weighted by Gasteiger charge is 2.21.